The molecule has 0 aliphatic rings. The fraction of sp³-hybridized carbons (Fsp3) is 0.757. The Labute approximate surface area is 250 Å². The molecule has 0 fully saturated rings. The highest BCUT2D eigenvalue weighted by atomic mass is 16.1. The van der Waals surface area contributed by atoms with Gasteiger partial charge < -0.3 is 0 Å². The third kappa shape index (κ3) is 20.2. The summed E-state index contributed by atoms with van der Waals surface area (Å²) in [6.45, 7) is 29.8. The highest BCUT2D eigenvalue weighted by molar-refractivity contribution is 5.85. The van der Waals surface area contributed by atoms with Gasteiger partial charge in [-0.2, -0.15) is 0 Å². The lowest BCUT2D eigenvalue weighted by Gasteiger charge is -2.21. The zero-order valence-electron chi connectivity index (χ0n) is 28.0. The fourth-order valence-electron chi connectivity index (χ4n) is 4.59. The quantitative estimate of drug-likeness (QED) is 0.0628. The number of hydrogen-bond donors (Lipinski definition) is 0. The first kappa shape index (κ1) is 38.2. The van der Waals surface area contributed by atoms with Crippen LogP contribution in [-0.4, -0.2) is 30.3 Å². The van der Waals surface area contributed by atoms with Crippen LogP contribution in [0.15, 0.2) is 46.4 Å². The molecule has 0 radical (unpaired) electrons. The normalized spacial score (nSPS) is 14.1. The first-order valence-corrected chi connectivity index (χ1v) is 16.3. The lowest BCUT2D eigenvalue weighted by Crippen LogP contribution is -2.18. The Bertz CT molecular complexity index is 746. The second-order valence-corrected chi connectivity index (χ2v) is 13.5. The summed E-state index contributed by atoms with van der Waals surface area (Å²) < 4.78 is 0. The molecule has 2 unspecified atom stereocenters. The minimum atomic E-state index is -0.221. The standard InChI is InChI=1S/C37H66N2O/c1-12-32(5)33(6)38-28-36(8,9)26-24-30(3)22-20-18-16-14-15-17-19-21-23-31(4)25-27-37(10,11)29-39-34(7)35(40)13-2/h28-29,33-34H,3-5,12-27H2,1-2,6-11H3. The van der Waals surface area contributed by atoms with Crippen molar-refractivity contribution < 1.29 is 4.79 Å². The van der Waals surface area contributed by atoms with E-state index in [1.807, 2.05) is 20.1 Å². The van der Waals surface area contributed by atoms with Crippen LogP contribution in [-0.2, 0) is 4.79 Å². The second kappa shape index (κ2) is 21.0. The topological polar surface area (TPSA) is 41.8 Å². The number of aliphatic imine (C=N–C) groups is 2. The molecule has 0 amide bonds. The third-order valence-corrected chi connectivity index (χ3v) is 8.21. The van der Waals surface area contributed by atoms with Crippen LogP contribution in [0.3, 0.4) is 0 Å². The minimum Gasteiger partial charge on any atom is -0.297 e. The van der Waals surface area contributed by atoms with Gasteiger partial charge in [0.1, 0.15) is 6.04 Å². The van der Waals surface area contributed by atoms with E-state index in [4.69, 9.17) is 4.99 Å². The molecule has 0 spiro atoms. The molecule has 0 aromatic heterocycles. The van der Waals surface area contributed by atoms with Crippen LogP contribution < -0.4 is 0 Å². The average Bonchev–Trinajstić information content (AvgIpc) is 2.92. The maximum Gasteiger partial charge on any atom is 0.156 e. The number of carbonyl (C=O) groups is 1. The average molecular weight is 555 g/mol. The Morgan fingerprint density at radius 2 is 1.00 bits per heavy atom. The second-order valence-electron chi connectivity index (χ2n) is 13.5. The van der Waals surface area contributed by atoms with Crippen LogP contribution in [0, 0.1) is 10.8 Å². The largest absolute Gasteiger partial charge is 0.297 e. The van der Waals surface area contributed by atoms with Crippen molar-refractivity contribution >= 4 is 18.2 Å². The van der Waals surface area contributed by atoms with Crippen molar-refractivity contribution in [2.24, 2.45) is 20.8 Å². The van der Waals surface area contributed by atoms with Gasteiger partial charge >= 0.3 is 0 Å². The Kier molecular flexibility index (Phi) is 20.1. The van der Waals surface area contributed by atoms with Crippen molar-refractivity contribution in [2.45, 2.75) is 170 Å². The van der Waals surface area contributed by atoms with Gasteiger partial charge in [0.2, 0.25) is 0 Å². The van der Waals surface area contributed by atoms with Crippen molar-refractivity contribution in [3.63, 3.8) is 0 Å². The predicted molar refractivity (Wildman–Crippen MR) is 181 cm³/mol. The van der Waals surface area contributed by atoms with E-state index in [1.165, 1.54) is 68.1 Å². The predicted octanol–water partition coefficient (Wildman–Crippen LogP) is 11.5. The summed E-state index contributed by atoms with van der Waals surface area (Å²) >= 11 is 0. The third-order valence-electron chi connectivity index (χ3n) is 8.21. The Morgan fingerprint density at radius 1 is 0.625 bits per heavy atom. The molecule has 3 nitrogen and oxygen atoms in total. The fourth-order valence-corrected chi connectivity index (χ4v) is 4.59. The summed E-state index contributed by atoms with van der Waals surface area (Å²) in [6.07, 6.45) is 22.8. The molecule has 40 heavy (non-hydrogen) atoms. The van der Waals surface area contributed by atoms with Crippen molar-refractivity contribution in [3.05, 3.63) is 36.5 Å². The van der Waals surface area contributed by atoms with Crippen LogP contribution in [0.1, 0.15) is 158 Å². The van der Waals surface area contributed by atoms with Crippen LogP contribution in [0.25, 0.3) is 0 Å². The summed E-state index contributed by atoms with van der Waals surface area (Å²) in [7, 11) is 0. The number of unbranched alkanes of at least 4 members (excludes halogenated alkanes) is 7. The van der Waals surface area contributed by atoms with Crippen molar-refractivity contribution in [1.82, 2.24) is 0 Å². The van der Waals surface area contributed by atoms with Gasteiger partial charge in [-0.05, 0) is 82.5 Å². The van der Waals surface area contributed by atoms with E-state index in [2.05, 4.69) is 72.5 Å². The minimum absolute atomic E-state index is 0.00597. The number of hydrogen-bond acceptors (Lipinski definition) is 3. The molecule has 0 heterocycles. The van der Waals surface area contributed by atoms with Crippen LogP contribution in [0.2, 0.25) is 0 Å². The van der Waals surface area contributed by atoms with E-state index in [0.29, 0.717) is 6.42 Å². The lowest BCUT2D eigenvalue weighted by atomic mass is 9.86. The number of nitrogens with zero attached hydrogens (tertiary/aromatic N) is 2. The van der Waals surface area contributed by atoms with Gasteiger partial charge in [0.15, 0.2) is 5.78 Å². The molecule has 0 saturated carbocycles. The molecular formula is C37H66N2O. The van der Waals surface area contributed by atoms with Crippen LogP contribution in [0.4, 0.5) is 0 Å². The van der Waals surface area contributed by atoms with Gasteiger partial charge in [-0.25, -0.2) is 0 Å². The number of carbonyl (C=O) groups excluding carboxylic acids is 1. The van der Waals surface area contributed by atoms with E-state index >= 15 is 0 Å². The maximum absolute atomic E-state index is 11.7. The molecule has 0 rings (SSSR count). The summed E-state index contributed by atoms with van der Waals surface area (Å²) in [5.41, 5.74) is 4.06. The Balaban J connectivity index is 3.85. The molecule has 3 heteroatoms. The monoisotopic (exact) mass is 555 g/mol. The van der Waals surface area contributed by atoms with Crippen LogP contribution >= 0.6 is 0 Å². The van der Waals surface area contributed by atoms with Gasteiger partial charge in [-0.3, -0.25) is 14.8 Å². The summed E-state index contributed by atoms with van der Waals surface area (Å²) in [4.78, 5) is 21.0. The zero-order valence-corrected chi connectivity index (χ0v) is 28.0. The zero-order chi connectivity index (χ0) is 30.6. The van der Waals surface area contributed by atoms with Crippen LogP contribution in [0.5, 0.6) is 0 Å². The van der Waals surface area contributed by atoms with E-state index in [-0.39, 0.29) is 28.7 Å². The summed E-state index contributed by atoms with van der Waals surface area (Å²) in [6, 6.07) is -0.00347. The molecule has 0 bridgehead atoms. The molecule has 0 N–H and O–H groups in total. The molecule has 0 aromatic rings. The van der Waals surface area contributed by atoms with Crippen molar-refractivity contribution in [2.75, 3.05) is 0 Å². The van der Waals surface area contributed by atoms with E-state index in [0.717, 1.165) is 44.9 Å². The van der Waals surface area contributed by atoms with Gasteiger partial charge in [0, 0.05) is 18.9 Å². The molecule has 2 atom stereocenters. The number of ketones is 1. The molecule has 0 aliphatic heterocycles. The van der Waals surface area contributed by atoms with Crippen molar-refractivity contribution in [1.29, 1.82) is 0 Å². The Hall–Kier alpha value is -1.77. The van der Waals surface area contributed by atoms with E-state index in [1.54, 1.807) is 0 Å². The number of rotatable bonds is 25. The highest BCUT2D eigenvalue weighted by Gasteiger charge is 2.17. The molecule has 230 valence electrons. The molecule has 0 aliphatic carbocycles. The number of allylic oxidation sites excluding steroid dienone is 2. The molecule has 0 aromatic carbocycles. The SMILES string of the molecule is C=C(CCCCCCCCCCC(=C)CCC(C)(C)C=NC(C)C(=O)CC)CCC(C)(C)C=NC(C)C(=C)CC. The first-order chi connectivity index (χ1) is 18.7. The van der Waals surface area contributed by atoms with E-state index < -0.39 is 0 Å². The van der Waals surface area contributed by atoms with E-state index in [9.17, 15) is 4.79 Å². The van der Waals surface area contributed by atoms with Crippen molar-refractivity contribution in [3.8, 4) is 0 Å². The Morgan fingerprint density at radius 3 is 1.38 bits per heavy atom. The highest BCUT2D eigenvalue weighted by Crippen LogP contribution is 2.26. The van der Waals surface area contributed by atoms with Gasteiger partial charge in [0.05, 0.1) is 6.04 Å². The van der Waals surface area contributed by atoms with Gasteiger partial charge in [-0.15, -0.1) is 0 Å². The summed E-state index contributed by atoms with van der Waals surface area (Å²) in [5.74, 6) is 0.208. The first-order valence-electron chi connectivity index (χ1n) is 16.3. The lowest BCUT2D eigenvalue weighted by molar-refractivity contribution is -0.119. The van der Waals surface area contributed by atoms with Gasteiger partial charge in [-0.1, -0.05) is 117 Å². The molecular weight excluding hydrogens is 488 g/mol. The van der Waals surface area contributed by atoms with Gasteiger partial charge in [0.25, 0.3) is 0 Å². The smallest absolute Gasteiger partial charge is 0.156 e. The molecule has 0 saturated heterocycles. The maximum atomic E-state index is 11.7. The summed E-state index contributed by atoms with van der Waals surface area (Å²) in [5, 5.41) is 0. The number of Topliss-reactive ketones (excluding diaryl/α,β-unsaturated/α-hetero) is 1.